The second kappa shape index (κ2) is 6.50. The molecule has 2 fully saturated rings. The Morgan fingerprint density at radius 3 is 2.58 bits per heavy atom. The number of halogens is 1. The summed E-state index contributed by atoms with van der Waals surface area (Å²) >= 11 is 4.73. The Morgan fingerprint density at radius 1 is 1.42 bits per heavy atom. The van der Waals surface area contributed by atoms with Crippen molar-refractivity contribution in [1.29, 1.82) is 0 Å². The number of nitrogens with zero attached hydrogens (tertiary/aromatic N) is 2. The maximum Gasteiger partial charge on any atom is 0.330 e. The molecule has 3 rings (SSSR count). The SMILES string of the molecule is CC1(C)S[C@H]2N(C(=O)[C@@]2(Br)CO)[C@H]1C(=O)OCc1ccc([N+](=O)[O-])cc1. The fourth-order valence-electron chi connectivity index (χ4n) is 3.16. The first-order valence-corrected chi connectivity index (χ1v) is 9.49. The van der Waals surface area contributed by atoms with Gasteiger partial charge in [0.25, 0.3) is 5.69 Å². The Balaban J connectivity index is 1.69. The van der Waals surface area contributed by atoms with Crippen molar-refractivity contribution in [3.05, 3.63) is 39.9 Å². The highest BCUT2D eigenvalue weighted by Gasteiger charge is 2.70. The molecular weight excluding hydrogens is 428 g/mol. The third-order valence-electron chi connectivity index (χ3n) is 4.57. The lowest BCUT2D eigenvalue weighted by molar-refractivity contribution is -0.384. The molecule has 3 atom stereocenters. The number of β-lactam (4-membered cyclic amide) rings is 1. The van der Waals surface area contributed by atoms with Gasteiger partial charge in [0.05, 0.1) is 11.5 Å². The molecule has 0 aromatic heterocycles. The monoisotopic (exact) mass is 444 g/mol. The van der Waals surface area contributed by atoms with E-state index < -0.39 is 26.0 Å². The molecule has 8 nitrogen and oxygen atoms in total. The molecule has 10 heteroatoms. The zero-order valence-electron chi connectivity index (χ0n) is 14.0. The van der Waals surface area contributed by atoms with Crippen LogP contribution in [0.1, 0.15) is 19.4 Å². The number of hydrogen-bond acceptors (Lipinski definition) is 7. The number of ether oxygens (including phenoxy) is 1. The van der Waals surface area contributed by atoms with Crippen molar-refractivity contribution >= 4 is 45.3 Å². The predicted octanol–water partition coefficient (Wildman–Crippen LogP) is 1.83. The summed E-state index contributed by atoms with van der Waals surface area (Å²) in [6, 6.07) is 4.96. The predicted molar refractivity (Wildman–Crippen MR) is 97.7 cm³/mol. The van der Waals surface area contributed by atoms with Crippen LogP contribution in [-0.4, -0.2) is 53.9 Å². The van der Waals surface area contributed by atoms with Crippen LogP contribution >= 0.6 is 27.7 Å². The van der Waals surface area contributed by atoms with E-state index in [1.54, 1.807) is 0 Å². The summed E-state index contributed by atoms with van der Waals surface area (Å²) in [6.07, 6.45) is 0. The Morgan fingerprint density at radius 2 is 2.04 bits per heavy atom. The number of benzene rings is 1. The minimum atomic E-state index is -1.05. The summed E-state index contributed by atoms with van der Waals surface area (Å²) in [6.45, 7) is 3.32. The summed E-state index contributed by atoms with van der Waals surface area (Å²) in [5, 5.41) is 19.8. The number of alkyl halides is 1. The summed E-state index contributed by atoms with van der Waals surface area (Å²) in [4.78, 5) is 36.7. The quantitative estimate of drug-likeness (QED) is 0.242. The van der Waals surface area contributed by atoms with Crippen molar-refractivity contribution in [2.75, 3.05) is 6.61 Å². The number of rotatable bonds is 5. The van der Waals surface area contributed by atoms with Gasteiger partial charge >= 0.3 is 5.97 Å². The van der Waals surface area contributed by atoms with Gasteiger partial charge in [-0.1, -0.05) is 15.9 Å². The molecule has 2 heterocycles. The van der Waals surface area contributed by atoms with Crippen molar-refractivity contribution < 1.29 is 24.4 Å². The van der Waals surface area contributed by atoms with Crippen molar-refractivity contribution in [3.63, 3.8) is 0 Å². The first-order chi connectivity index (χ1) is 12.1. The van der Waals surface area contributed by atoms with Crippen LogP contribution in [0.15, 0.2) is 24.3 Å². The number of non-ortho nitro benzene ring substituents is 1. The molecule has 26 heavy (non-hydrogen) atoms. The van der Waals surface area contributed by atoms with E-state index in [1.807, 2.05) is 13.8 Å². The molecule has 0 spiro atoms. The van der Waals surface area contributed by atoms with Gasteiger partial charge in [-0.15, -0.1) is 11.8 Å². The topological polar surface area (TPSA) is 110 Å². The highest BCUT2D eigenvalue weighted by Crippen LogP contribution is 2.57. The minimum absolute atomic E-state index is 0.0414. The third kappa shape index (κ3) is 2.89. The number of aliphatic hydroxyl groups excluding tert-OH is 1. The van der Waals surface area contributed by atoms with Crippen LogP contribution in [0.4, 0.5) is 5.69 Å². The number of carbonyl (C=O) groups excluding carboxylic acids is 2. The van der Waals surface area contributed by atoms with Gasteiger partial charge in [-0.25, -0.2) is 4.79 Å². The first-order valence-electron chi connectivity index (χ1n) is 7.82. The Labute approximate surface area is 162 Å². The lowest BCUT2D eigenvalue weighted by atomic mass is 9.92. The fourth-order valence-corrected chi connectivity index (χ4v) is 5.47. The second-order valence-corrected chi connectivity index (χ2v) is 9.89. The Kier molecular flexibility index (Phi) is 4.78. The normalized spacial score (nSPS) is 29.1. The van der Waals surface area contributed by atoms with E-state index in [9.17, 15) is 24.8 Å². The van der Waals surface area contributed by atoms with Crippen LogP contribution in [0.25, 0.3) is 0 Å². The van der Waals surface area contributed by atoms with Gasteiger partial charge in [0.15, 0.2) is 4.32 Å². The van der Waals surface area contributed by atoms with Gasteiger partial charge < -0.3 is 14.7 Å². The number of nitro benzene ring substituents is 1. The molecule has 0 bridgehead atoms. The summed E-state index contributed by atoms with van der Waals surface area (Å²) in [5.41, 5.74) is 0.573. The van der Waals surface area contributed by atoms with Crippen LogP contribution < -0.4 is 0 Å². The number of aliphatic hydroxyl groups is 1. The standard InChI is InChI=1S/C16H17BrN2O6S/c1-15(2)11(18-13(22)16(17,8-20)14(18)26-15)12(21)25-7-9-3-5-10(6-4-9)19(23)24/h3-6,11,14,20H,7-8H2,1-2H3/t11-,14+,16-/m0/s1. The van der Waals surface area contributed by atoms with E-state index in [-0.39, 0.29) is 30.2 Å². The van der Waals surface area contributed by atoms with Crippen LogP contribution in [0.2, 0.25) is 0 Å². The van der Waals surface area contributed by atoms with E-state index in [0.717, 1.165) is 0 Å². The van der Waals surface area contributed by atoms with E-state index in [1.165, 1.54) is 40.9 Å². The maximum absolute atomic E-state index is 12.6. The van der Waals surface area contributed by atoms with Gasteiger partial charge in [-0.2, -0.15) is 0 Å². The molecule has 1 aromatic rings. The number of thioether (sulfide) groups is 1. The van der Waals surface area contributed by atoms with E-state index in [2.05, 4.69) is 15.9 Å². The Bertz CT molecular complexity index is 771. The van der Waals surface area contributed by atoms with Crippen LogP contribution in [-0.2, 0) is 20.9 Å². The smallest absolute Gasteiger partial charge is 0.330 e. The van der Waals surface area contributed by atoms with Crippen LogP contribution in [0.3, 0.4) is 0 Å². The second-order valence-electron chi connectivity index (χ2n) is 6.74. The van der Waals surface area contributed by atoms with Gasteiger partial charge in [-0.05, 0) is 31.5 Å². The van der Waals surface area contributed by atoms with E-state index in [0.29, 0.717) is 5.56 Å². The maximum atomic E-state index is 12.6. The van der Waals surface area contributed by atoms with Gasteiger partial charge in [0.2, 0.25) is 5.91 Å². The highest BCUT2D eigenvalue weighted by molar-refractivity contribution is 9.10. The molecule has 0 saturated carbocycles. The molecule has 1 N–H and O–H groups in total. The number of nitro groups is 1. The molecule has 140 valence electrons. The zero-order chi connectivity index (χ0) is 19.3. The van der Waals surface area contributed by atoms with E-state index >= 15 is 0 Å². The number of esters is 1. The van der Waals surface area contributed by atoms with Gasteiger partial charge in [0.1, 0.15) is 18.0 Å². The molecule has 0 aliphatic carbocycles. The lowest BCUT2D eigenvalue weighted by Crippen LogP contribution is -2.72. The summed E-state index contributed by atoms with van der Waals surface area (Å²) in [7, 11) is 0. The number of fused-ring (bicyclic) bond motifs is 1. The van der Waals surface area contributed by atoms with Crippen molar-refractivity contribution in [1.82, 2.24) is 4.90 Å². The highest BCUT2D eigenvalue weighted by atomic mass is 79.9. The van der Waals surface area contributed by atoms with Crippen LogP contribution in [0.5, 0.6) is 0 Å². The molecule has 2 aliphatic heterocycles. The van der Waals surface area contributed by atoms with Crippen LogP contribution in [0, 0.1) is 10.1 Å². The average Bonchev–Trinajstić information content (AvgIpc) is 2.88. The largest absolute Gasteiger partial charge is 0.459 e. The van der Waals surface area contributed by atoms with Crippen molar-refractivity contribution in [3.8, 4) is 0 Å². The first kappa shape index (κ1) is 19.1. The summed E-state index contributed by atoms with van der Waals surface area (Å²) < 4.78 is 3.73. The zero-order valence-corrected chi connectivity index (χ0v) is 16.4. The summed E-state index contributed by atoms with van der Waals surface area (Å²) in [5.74, 6) is -0.871. The number of hydrogen-bond donors (Lipinski definition) is 1. The molecule has 0 unspecified atom stereocenters. The molecule has 0 radical (unpaired) electrons. The lowest BCUT2D eigenvalue weighted by Gasteiger charge is -2.49. The van der Waals surface area contributed by atoms with Crippen molar-refractivity contribution in [2.45, 2.75) is 40.9 Å². The molecule has 2 saturated heterocycles. The van der Waals surface area contributed by atoms with Gasteiger partial charge in [0, 0.05) is 16.9 Å². The van der Waals surface area contributed by atoms with E-state index in [4.69, 9.17) is 4.74 Å². The number of amides is 1. The van der Waals surface area contributed by atoms with Crippen molar-refractivity contribution in [2.24, 2.45) is 0 Å². The average molecular weight is 445 g/mol. The fraction of sp³-hybridized carbons (Fsp3) is 0.500. The van der Waals surface area contributed by atoms with Gasteiger partial charge in [-0.3, -0.25) is 14.9 Å². The molecule has 2 aliphatic rings. The Hall–Kier alpha value is -1.65. The minimum Gasteiger partial charge on any atom is -0.459 e. The molecular formula is C16H17BrN2O6S. The third-order valence-corrected chi connectivity index (χ3v) is 7.58. The molecule has 1 amide bonds. The number of carbonyl (C=O) groups is 2. The molecule has 1 aromatic carbocycles.